The number of hydrogen-bond donors (Lipinski definition) is 3. The zero-order valence-corrected chi connectivity index (χ0v) is 10.8. The fourth-order valence-corrected chi connectivity index (χ4v) is 2.35. The standard InChI is InChI=1S/C10H10ClN5OS/c11-5-1-2-7(12)14-6(5)4-18-10-15-8(13)3-9(17)16-10/h1-3H,4H2,(H2,12,14)(H3,13,15,16,17). The van der Waals surface area contributed by atoms with Crippen molar-refractivity contribution >= 4 is 35.0 Å². The number of nitrogens with two attached hydrogens (primary N) is 2. The van der Waals surface area contributed by atoms with Gasteiger partial charge in [-0.2, -0.15) is 0 Å². The summed E-state index contributed by atoms with van der Waals surface area (Å²) in [6, 6.07) is 4.52. The molecule has 18 heavy (non-hydrogen) atoms. The van der Waals surface area contributed by atoms with Crippen LogP contribution in [0.5, 0.6) is 0 Å². The average Bonchev–Trinajstić information content (AvgIpc) is 2.29. The number of hydrogen-bond acceptors (Lipinski definition) is 6. The van der Waals surface area contributed by atoms with Crippen LogP contribution in [0.2, 0.25) is 5.02 Å². The van der Waals surface area contributed by atoms with Crippen molar-refractivity contribution in [3.05, 3.63) is 39.3 Å². The Labute approximate surface area is 112 Å². The summed E-state index contributed by atoms with van der Waals surface area (Å²) in [7, 11) is 0. The van der Waals surface area contributed by atoms with Crippen LogP contribution in [0.25, 0.3) is 0 Å². The van der Waals surface area contributed by atoms with Gasteiger partial charge in [-0.25, -0.2) is 9.97 Å². The lowest BCUT2D eigenvalue weighted by Gasteiger charge is -2.04. The van der Waals surface area contributed by atoms with E-state index in [1.165, 1.54) is 17.8 Å². The van der Waals surface area contributed by atoms with Gasteiger partial charge in [0, 0.05) is 11.8 Å². The fraction of sp³-hybridized carbons (Fsp3) is 0.100. The lowest BCUT2D eigenvalue weighted by molar-refractivity contribution is 0.943. The molecule has 0 bridgehead atoms. The van der Waals surface area contributed by atoms with E-state index in [4.69, 9.17) is 23.1 Å². The van der Waals surface area contributed by atoms with Crippen molar-refractivity contribution in [2.24, 2.45) is 0 Å². The number of nitrogens with zero attached hydrogens (tertiary/aromatic N) is 2. The number of thioether (sulfide) groups is 1. The summed E-state index contributed by atoms with van der Waals surface area (Å²) in [6.45, 7) is 0. The summed E-state index contributed by atoms with van der Waals surface area (Å²) in [4.78, 5) is 21.9. The Morgan fingerprint density at radius 1 is 1.28 bits per heavy atom. The average molecular weight is 284 g/mol. The number of aromatic amines is 1. The third-order valence-electron chi connectivity index (χ3n) is 2.03. The predicted octanol–water partition coefficient (Wildman–Crippen LogP) is 1.27. The molecule has 8 heteroatoms. The quantitative estimate of drug-likeness (QED) is 0.578. The first-order chi connectivity index (χ1) is 8.54. The van der Waals surface area contributed by atoms with E-state index in [9.17, 15) is 4.79 Å². The predicted molar refractivity (Wildman–Crippen MR) is 72.5 cm³/mol. The van der Waals surface area contributed by atoms with Crippen LogP contribution in [-0.2, 0) is 5.75 Å². The van der Waals surface area contributed by atoms with Gasteiger partial charge in [0.15, 0.2) is 5.16 Å². The molecule has 5 N–H and O–H groups in total. The lowest BCUT2D eigenvalue weighted by atomic mass is 10.4. The Morgan fingerprint density at radius 2 is 2.06 bits per heavy atom. The molecule has 2 heterocycles. The monoisotopic (exact) mass is 283 g/mol. The highest BCUT2D eigenvalue weighted by molar-refractivity contribution is 7.98. The van der Waals surface area contributed by atoms with E-state index in [1.54, 1.807) is 12.1 Å². The summed E-state index contributed by atoms with van der Waals surface area (Å²) in [5.74, 6) is 1.01. The van der Waals surface area contributed by atoms with E-state index in [0.29, 0.717) is 27.4 Å². The summed E-state index contributed by atoms with van der Waals surface area (Å²) in [5, 5.41) is 0.934. The number of anilines is 2. The van der Waals surface area contributed by atoms with E-state index < -0.39 is 0 Å². The first-order valence-electron chi connectivity index (χ1n) is 4.95. The molecule has 0 radical (unpaired) electrons. The molecule has 0 aliphatic rings. The van der Waals surface area contributed by atoms with Crippen LogP contribution in [0.1, 0.15) is 5.69 Å². The molecule has 94 valence electrons. The van der Waals surface area contributed by atoms with Gasteiger partial charge in [0.25, 0.3) is 5.56 Å². The molecule has 0 aliphatic heterocycles. The van der Waals surface area contributed by atoms with Crippen LogP contribution < -0.4 is 17.0 Å². The van der Waals surface area contributed by atoms with Crippen LogP contribution in [0.4, 0.5) is 11.6 Å². The Kier molecular flexibility index (Phi) is 3.73. The van der Waals surface area contributed by atoms with E-state index in [1.807, 2.05) is 0 Å². The van der Waals surface area contributed by atoms with Crippen LogP contribution in [0.15, 0.2) is 28.2 Å². The zero-order valence-electron chi connectivity index (χ0n) is 9.18. The molecule has 0 saturated heterocycles. The molecule has 2 aromatic rings. The fourth-order valence-electron chi connectivity index (χ4n) is 1.26. The van der Waals surface area contributed by atoms with Crippen molar-refractivity contribution in [3.63, 3.8) is 0 Å². The summed E-state index contributed by atoms with van der Waals surface area (Å²) in [5.41, 5.74) is 11.4. The van der Waals surface area contributed by atoms with Gasteiger partial charge in [0.1, 0.15) is 11.6 Å². The number of rotatable bonds is 3. The topological polar surface area (TPSA) is 111 Å². The molecule has 0 aliphatic carbocycles. The molecule has 0 unspecified atom stereocenters. The normalized spacial score (nSPS) is 10.5. The van der Waals surface area contributed by atoms with Gasteiger partial charge in [-0.15, -0.1) is 0 Å². The minimum absolute atomic E-state index is 0.174. The number of pyridine rings is 1. The van der Waals surface area contributed by atoms with Gasteiger partial charge < -0.3 is 16.5 Å². The second-order valence-corrected chi connectivity index (χ2v) is 4.80. The number of nitrogen functional groups attached to an aromatic ring is 2. The van der Waals surface area contributed by atoms with Crippen molar-refractivity contribution in [2.45, 2.75) is 10.9 Å². The molecular weight excluding hydrogens is 274 g/mol. The van der Waals surface area contributed by atoms with Gasteiger partial charge in [-0.3, -0.25) is 4.79 Å². The van der Waals surface area contributed by atoms with Crippen molar-refractivity contribution in [1.82, 2.24) is 15.0 Å². The Morgan fingerprint density at radius 3 is 2.78 bits per heavy atom. The van der Waals surface area contributed by atoms with Crippen molar-refractivity contribution in [2.75, 3.05) is 11.5 Å². The van der Waals surface area contributed by atoms with Crippen molar-refractivity contribution in [3.8, 4) is 0 Å². The second kappa shape index (κ2) is 5.28. The van der Waals surface area contributed by atoms with Gasteiger partial charge in [-0.05, 0) is 12.1 Å². The van der Waals surface area contributed by atoms with Crippen molar-refractivity contribution < 1.29 is 0 Å². The van der Waals surface area contributed by atoms with Gasteiger partial charge in [0.2, 0.25) is 0 Å². The summed E-state index contributed by atoms with van der Waals surface area (Å²) < 4.78 is 0. The molecule has 0 amide bonds. The van der Waals surface area contributed by atoms with E-state index in [0.717, 1.165) is 0 Å². The van der Waals surface area contributed by atoms with E-state index in [-0.39, 0.29) is 11.4 Å². The molecule has 2 rings (SSSR count). The maximum atomic E-state index is 11.2. The zero-order chi connectivity index (χ0) is 13.1. The summed E-state index contributed by atoms with van der Waals surface area (Å²) >= 11 is 7.25. The van der Waals surface area contributed by atoms with E-state index in [2.05, 4.69) is 15.0 Å². The molecule has 0 fully saturated rings. The first-order valence-corrected chi connectivity index (χ1v) is 6.31. The van der Waals surface area contributed by atoms with Gasteiger partial charge in [-0.1, -0.05) is 23.4 Å². The number of nitrogens with one attached hydrogen (secondary N) is 1. The lowest BCUT2D eigenvalue weighted by Crippen LogP contribution is -2.09. The first kappa shape index (κ1) is 12.7. The highest BCUT2D eigenvalue weighted by Crippen LogP contribution is 2.23. The second-order valence-electron chi connectivity index (χ2n) is 3.43. The maximum absolute atomic E-state index is 11.2. The molecule has 0 atom stereocenters. The molecule has 0 spiro atoms. The Hall–Kier alpha value is -1.73. The van der Waals surface area contributed by atoms with Crippen LogP contribution in [0, 0.1) is 0 Å². The minimum Gasteiger partial charge on any atom is -0.384 e. The highest BCUT2D eigenvalue weighted by Gasteiger charge is 2.06. The van der Waals surface area contributed by atoms with E-state index >= 15 is 0 Å². The number of halogens is 1. The maximum Gasteiger partial charge on any atom is 0.253 e. The Bertz CT molecular complexity index is 630. The molecule has 0 aromatic carbocycles. The van der Waals surface area contributed by atoms with Crippen LogP contribution in [-0.4, -0.2) is 15.0 Å². The third-order valence-corrected chi connectivity index (χ3v) is 3.25. The van der Waals surface area contributed by atoms with Gasteiger partial charge >= 0.3 is 0 Å². The smallest absolute Gasteiger partial charge is 0.253 e. The van der Waals surface area contributed by atoms with Crippen LogP contribution >= 0.6 is 23.4 Å². The number of aromatic nitrogens is 3. The highest BCUT2D eigenvalue weighted by atomic mass is 35.5. The Balaban J connectivity index is 2.16. The summed E-state index contributed by atoms with van der Waals surface area (Å²) in [6.07, 6.45) is 0. The molecular formula is C10H10ClN5OS. The molecule has 0 saturated carbocycles. The largest absolute Gasteiger partial charge is 0.384 e. The van der Waals surface area contributed by atoms with Gasteiger partial charge in [0.05, 0.1) is 10.7 Å². The molecule has 6 nitrogen and oxygen atoms in total. The minimum atomic E-state index is -0.295. The van der Waals surface area contributed by atoms with Crippen molar-refractivity contribution in [1.29, 1.82) is 0 Å². The van der Waals surface area contributed by atoms with Crippen LogP contribution in [0.3, 0.4) is 0 Å². The SMILES string of the molecule is Nc1cc(=O)[nH]c(SCc2nc(N)ccc2Cl)n1. The third kappa shape index (κ3) is 3.14. The molecule has 2 aromatic heterocycles. The number of H-pyrrole nitrogens is 1.